The summed E-state index contributed by atoms with van der Waals surface area (Å²) in [7, 11) is 2.20. The number of nitrogens with two attached hydrogens (primary N) is 1. The number of hydrogen-bond donors (Lipinski definition) is 1. The molecule has 0 amide bonds. The third-order valence-corrected chi connectivity index (χ3v) is 10.6. The van der Waals surface area contributed by atoms with E-state index in [1.54, 1.807) is 0 Å². The highest BCUT2D eigenvalue weighted by molar-refractivity contribution is 5.95. The SMILES string of the molecule is Cc1ccccc1CC(C)(C/C=C/C=C/C=C1/N(C)c2ccc3ccccc3c2C1(C)C)c1c([NH2+]CCC(C)C)ccc2ccccc12. The third-order valence-electron chi connectivity index (χ3n) is 10.6. The minimum absolute atomic E-state index is 0.0814. The lowest BCUT2D eigenvalue weighted by Crippen LogP contribution is -2.78. The first-order valence-corrected chi connectivity index (χ1v) is 17.8. The molecule has 0 saturated heterocycles. The van der Waals surface area contributed by atoms with Crippen molar-refractivity contribution in [2.45, 2.75) is 71.6 Å². The number of quaternary nitrogens is 1. The Bertz CT molecular complexity index is 2010. The number of likely N-dealkylation sites (N-methyl/N-ethyl adjacent to an activating group) is 1. The second-order valence-electron chi connectivity index (χ2n) is 15.0. The molecule has 1 atom stereocenters. The van der Waals surface area contributed by atoms with Crippen molar-refractivity contribution >= 4 is 32.9 Å². The zero-order valence-electron chi connectivity index (χ0n) is 30.1. The lowest BCUT2D eigenvalue weighted by Gasteiger charge is -2.32. The maximum Gasteiger partial charge on any atom is 0.134 e. The van der Waals surface area contributed by atoms with Gasteiger partial charge in [-0.2, -0.15) is 0 Å². The van der Waals surface area contributed by atoms with Crippen molar-refractivity contribution in [1.82, 2.24) is 0 Å². The average molecular weight is 634 g/mol. The molecule has 0 bridgehead atoms. The van der Waals surface area contributed by atoms with Crippen LogP contribution in [0, 0.1) is 12.8 Å². The van der Waals surface area contributed by atoms with Crippen LogP contribution in [0.4, 0.5) is 11.4 Å². The van der Waals surface area contributed by atoms with Crippen LogP contribution in [0.2, 0.25) is 0 Å². The summed E-state index contributed by atoms with van der Waals surface area (Å²) >= 11 is 0. The molecule has 2 nitrogen and oxygen atoms in total. The van der Waals surface area contributed by atoms with Crippen LogP contribution < -0.4 is 10.2 Å². The quantitative estimate of drug-likeness (QED) is 0.113. The van der Waals surface area contributed by atoms with Crippen LogP contribution in [0.1, 0.15) is 69.7 Å². The second kappa shape index (κ2) is 14.0. The van der Waals surface area contributed by atoms with E-state index in [9.17, 15) is 0 Å². The van der Waals surface area contributed by atoms with E-state index in [4.69, 9.17) is 0 Å². The van der Waals surface area contributed by atoms with Crippen LogP contribution in [0.3, 0.4) is 0 Å². The topological polar surface area (TPSA) is 19.9 Å². The Balaban J connectivity index is 1.31. The lowest BCUT2D eigenvalue weighted by molar-refractivity contribution is -0.573. The zero-order chi connectivity index (χ0) is 33.9. The summed E-state index contributed by atoms with van der Waals surface area (Å²) in [6.07, 6.45) is 14.5. The number of rotatable bonds is 11. The van der Waals surface area contributed by atoms with E-state index >= 15 is 0 Å². The van der Waals surface area contributed by atoms with Crippen molar-refractivity contribution in [2.75, 3.05) is 18.5 Å². The summed E-state index contributed by atoms with van der Waals surface area (Å²) in [6.45, 7) is 15.2. The molecular weight excluding hydrogens is 581 g/mol. The highest BCUT2D eigenvalue weighted by Crippen LogP contribution is 2.50. The fraction of sp³-hybridized carbons (Fsp3) is 0.304. The first-order chi connectivity index (χ1) is 23.1. The molecule has 0 fully saturated rings. The standard InChI is InChI=1S/C46H52N2/c1-33(2)29-31-47-40-27-25-35-19-13-15-22-38(35)43(40)46(6,32-37-21-12-11-18-34(37)3)30-17-9-8-10-24-42-45(4,5)44-39-23-16-14-20-36(39)26-28-41(44)48(42)7/h8-28,33,47H,29-32H2,1-7H3/p+1/b10-8+,17-9+,42-24+. The van der Waals surface area contributed by atoms with Crippen LogP contribution in [-0.2, 0) is 17.3 Å². The van der Waals surface area contributed by atoms with Gasteiger partial charge in [0.2, 0.25) is 0 Å². The number of nitrogens with zero attached hydrogens (tertiary/aromatic N) is 1. The van der Waals surface area contributed by atoms with Crippen molar-refractivity contribution in [3.05, 3.63) is 155 Å². The fourth-order valence-corrected chi connectivity index (χ4v) is 8.01. The second-order valence-corrected chi connectivity index (χ2v) is 15.0. The Morgan fingerprint density at radius 1 is 0.792 bits per heavy atom. The van der Waals surface area contributed by atoms with Gasteiger partial charge in [0.25, 0.3) is 0 Å². The molecule has 2 N–H and O–H groups in total. The molecule has 1 aliphatic heterocycles. The molecule has 6 rings (SSSR count). The van der Waals surface area contributed by atoms with Crippen molar-refractivity contribution in [1.29, 1.82) is 0 Å². The lowest BCUT2D eigenvalue weighted by atomic mass is 9.71. The van der Waals surface area contributed by atoms with Crippen molar-refractivity contribution in [3.8, 4) is 0 Å². The number of allylic oxidation sites excluding steroid dienone is 6. The number of aryl methyl sites for hydroxylation is 1. The summed E-state index contributed by atoms with van der Waals surface area (Å²) < 4.78 is 0. The van der Waals surface area contributed by atoms with Crippen LogP contribution in [0.25, 0.3) is 21.5 Å². The summed E-state index contributed by atoms with van der Waals surface area (Å²) in [5.74, 6) is 0.691. The summed E-state index contributed by atoms with van der Waals surface area (Å²) in [4.78, 5) is 2.37. The van der Waals surface area contributed by atoms with Crippen molar-refractivity contribution < 1.29 is 5.32 Å². The van der Waals surface area contributed by atoms with Crippen LogP contribution in [-0.4, -0.2) is 13.6 Å². The summed E-state index contributed by atoms with van der Waals surface area (Å²) in [5, 5.41) is 7.84. The van der Waals surface area contributed by atoms with Crippen LogP contribution in [0.5, 0.6) is 0 Å². The molecule has 246 valence electrons. The van der Waals surface area contributed by atoms with Gasteiger partial charge in [-0.25, -0.2) is 0 Å². The van der Waals surface area contributed by atoms with E-state index in [1.807, 2.05) is 0 Å². The average Bonchev–Trinajstić information content (AvgIpc) is 3.27. The maximum absolute atomic E-state index is 2.49. The van der Waals surface area contributed by atoms with E-state index < -0.39 is 0 Å². The van der Waals surface area contributed by atoms with Gasteiger partial charge in [-0.3, -0.25) is 0 Å². The van der Waals surface area contributed by atoms with Gasteiger partial charge in [0.15, 0.2) is 0 Å². The normalized spacial score (nSPS) is 16.6. The molecule has 0 aliphatic carbocycles. The first kappa shape index (κ1) is 33.5. The molecule has 1 unspecified atom stereocenters. The number of anilines is 1. The van der Waals surface area contributed by atoms with Gasteiger partial charge < -0.3 is 10.2 Å². The monoisotopic (exact) mass is 633 g/mol. The van der Waals surface area contributed by atoms with E-state index in [-0.39, 0.29) is 10.8 Å². The molecule has 2 heteroatoms. The van der Waals surface area contributed by atoms with Crippen molar-refractivity contribution in [2.24, 2.45) is 5.92 Å². The Morgan fingerprint density at radius 3 is 2.21 bits per heavy atom. The van der Waals surface area contributed by atoms with E-state index in [0.29, 0.717) is 5.92 Å². The summed E-state index contributed by atoms with van der Waals surface area (Å²) in [5.41, 5.74) is 9.52. The van der Waals surface area contributed by atoms with E-state index in [1.165, 1.54) is 67.3 Å². The largest absolute Gasteiger partial charge is 0.347 e. The molecule has 0 aromatic heterocycles. The highest BCUT2D eigenvalue weighted by atomic mass is 15.2. The molecule has 48 heavy (non-hydrogen) atoms. The van der Waals surface area contributed by atoms with Crippen LogP contribution >= 0.6 is 0 Å². The van der Waals surface area contributed by atoms with Gasteiger partial charge in [0, 0.05) is 34.8 Å². The maximum atomic E-state index is 2.49. The Labute approximate surface area is 288 Å². The third kappa shape index (κ3) is 6.64. The number of fused-ring (bicyclic) bond motifs is 4. The van der Waals surface area contributed by atoms with Gasteiger partial charge in [-0.05, 0) is 94.6 Å². The van der Waals surface area contributed by atoms with Crippen molar-refractivity contribution in [3.63, 3.8) is 0 Å². The zero-order valence-corrected chi connectivity index (χ0v) is 30.1. The Kier molecular flexibility index (Phi) is 9.76. The fourth-order valence-electron chi connectivity index (χ4n) is 8.01. The minimum Gasteiger partial charge on any atom is -0.347 e. The van der Waals surface area contributed by atoms with Gasteiger partial charge in [-0.1, -0.05) is 138 Å². The molecule has 5 aromatic rings. The van der Waals surface area contributed by atoms with Gasteiger partial charge >= 0.3 is 0 Å². The Hall–Kier alpha value is -4.40. The number of hydrogen-bond acceptors (Lipinski definition) is 1. The van der Waals surface area contributed by atoms with E-state index in [2.05, 4.69) is 186 Å². The van der Waals surface area contributed by atoms with Gasteiger partial charge in [0.05, 0.1) is 6.54 Å². The number of benzene rings is 5. The molecule has 5 aromatic carbocycles. The highest BCUT2D eigenvalue weighted by Gasteiger charge is 2.39. The molecule has 0 spiro atoms. The smallest absolute Gasteiger partial charge is 0.134 e. The molecule has 0 saturated carbocycles. The predicted molar refractivity (Wildman–Crippen MR) is 208 cm³/mol. The first-order valence-electron chi connectivity index (χ1n) is 17.8. The predicted octanol–water partition coefficient (Wildman–Crippen LogP) is 10.9. The van der Waals surface area contributed by atoms with Gasteiger partial charge in [-0.15, -0.1) is 0 Å². The molecule has 1 heterocycles. The molecule has 1 aliphatic rings. The molecular formula is C46H53N2+. The van der Waals surface area contributed by atoms with Gasteiger partial charge in [0.1, 0.15) is 5.69 Å². The Morgan fingerprint density at radius 2 is 1.46 bits per heavy atom. The van der Waals surface area contributed by atoms with E-state index in [0.717, 1.165) is 19.4 Å². The van der Waals surface area contributed by atoms with Crippen LogP contribution in [0.15, 0.2) is 133 Å². The molecule has 0 radical (unpaired) electrons. The summed E-state index contributed by atoms with van der Waals surface area (Å²) in [6, 6.07) is 35.8. The minimum atomic E-state index is -0.0875.